The maximum absolute atomic E-state index is 10.3. The molecule has 7 aliphatic heterocycles. The van der Waals surface area contributed by atoms with E-state index in [1.165, 1.54) is 53.1 Å². The second-order valence-corrected chi connectivity index (χ2v) is 35.0. The summed E-state index contributed by atoms with van der Waals surface area (Å²) in [6.07, 6.45) is 22.1. The van der Waals surface area contributed by atoms with Crippen LogP contribution in [0.25, 0.3) is 28.0 Å². The summed E-state index contributed by atoms with van der Waals surface area (Å²) < 4.78 is 14.0. The van der Waals surface area contributed by atoms with E-state index < -0.39 is 6.92 Å². The summed E-state index contributed by atoms with van der Waals surface area (Å²) >= 11 is 11.4. The van der Waals surface area contributed by atoms with Crippen LogP contribution >= 0.6 is 46.9 Å². The standard InChI is InChI=1S/C22H17BClNOS.C16H19BN4O.C15H13BN4O2.C15H15BO2.2C13H12BNOS.CH4.ClH/c24-16-7-9-21-19(12-16)22(27-18-4-2-1-3-5-18)14-25(21)17-8-6-15-10-11-23(26)20(15)13-17;22-17-5-4-13-2-3-14(12-15(13)17)20-8-10-21(11-9-20)16-18-6-1-7-19-16;21-16-9-8-10-2-1-3-13(14(10)16)22-12-6-4-11(5-7-12)15-17-19-20-18-15;17-16-10-9-13-7-4-8-14(15(13)16)18-11-12-5-2-1-3-6-12;16-14-6-3-10-1-2-12(9-13(10)14)17-11-4-7-15-8-5-11;16-14-7-6-10-4-5-11(9-12(10)14)17-13-3-1-2-8-15-13;;/h1-9,12-14,26H,10-11H2;1-3,6-7,12,22H,4-5,8-11H2;1-7,21H,8-9H2,(H,17,18,19,20);1-8,17H,9-11H2;1-2,4-5,7-9,16H,3,6H2;1-5,8-9,16H,6-7H2;1H4;1H. The molecule has 7 aliphatic rings. The monoisotopic (exact) mass is 1750 g/mol. The van der Waals surface area contributed by atoms with E-state index in [2.05, 4.69) is 170 Å². The number of hydrogen-bond acceptors (Lipinski definition) is 19. The first-order valence-corrected chi connectivity index (χ1v) is 44.7. The molecule has 1 saturated heterocycles. The molecule has 12 heterocycles. The summed E-state index contributed by atoms with van der Waals surface area (Å²) in [6, 6.07) is 83.3. The zero-order valence-electron chi connectivity index (χ0n) is 68.1. The maximum Gasteiger partial charge on any atom is 0.328 e. The molecule has 8 N–H and O–H groups in total. The highest BCUT2D eigenvalue weighted by atomic mass is 35.5. The molecule has 10 aromatic carbocycles. The van der Waals surface area contributed by atoms with E-state index in [1.807, 2.05) is 152 Å². The van der Waals surface area contributed by atoms with E-state index >= 15 is 0 Å². The van der Waals surface area contributed by atoms with Crippen molar-refractivity contribution >= 4 is 144 Å². The van der Waals surface area contributed by atoms with Gasteiger partial charge in [-0.15, -0.1) is 10.2 Å². The lowest BCUT2D eigenvalue weighted by Gasteiger charge is -2.36. The van der Waals surface area contributed by atoms with Crippen LogP contribution in [0.3, 0.4) is 0 Å². The number of halogens is 2. The first-order chi connectivity index (χ1) is 60.3. The van der Waals surface area contributed by atoms with Crippen molar-refractivity contribution in [1.82, 2.24) is 40.1 Å². The van der Waals surface area contributed by atoms with Crippen LogP contribution in [0.15, 0.2) is 315 Å². The van der Waals surface area contributed by atoms with Gasteiger partial charge in [0.2, 0.25) is 11.8 Å². The Balaban J connectivity index is 0.000000116. The fourth-order valence-electron chi connectivity index (χ4n) is 16.8. The molecule has 125 heavy (non-hydrogen) atoms. The number of fused-ring (bicyclic) bond motifs is 7. The third-order valence-electron chi connectivity index (χ3n) is 23.2. The second kappa shape index (κ2) is 42.4. The van der Waals surface area contributed by atoms with Crippen LogP contribution in [0.4, 0.5) is 11.6 Å². The van der Waals surface area contributed by atoms with Gasteiger partial charge in [0, 0.05) is 115 Å². The van der Waals surface area contributed by atoms with Crippen LogP contribution in [-0.4, -0.2) is 138 Å². The Morgan fingerprint density at radius 1 is 0.440 bits per heavy atom. The molecule has 0 unspecified atom stereocenters. The van der Waals surface area contributed by atoms with Crippen molar-refractivity contribution in [3.8, 4) is 34.3 Å². The number of pyridine rings is 2. The van der Waals surface area contributed by atoms with Gasteiger partial charge in [-0.25, -0.2) is 19.9 Å². The van der Waals surface area contributed by atoms with Crippen LogP contribution in [0.5, 0.6) is 17.2 Å². The van der Waals surface area contributed by atoms with E-state index in [9.17, 15) is 30.1 Å². The first kappa shape index (κ1) is 89.0. The number of ether oxygens (including phenoxy) is 2. The van der Waals surface area contributed by atoms with Gasteiger partial charge in [0.25, 0.3) is 0 Å². The van der Waals surface area contributed by atoms with E-state index in [1.54, 1.807) is 53.9 Å². The number of piperazine rings is 1. The van der Waals surface area contributed by atoms with Gasteiger partial charge in [0.05, 0.1) is 5.52 Å². The molecule has 19 nitrogen and oxygen atoms in total. The van der Waals surface area contributed by atoms with Crippen LogP contribution in [0, 0.1) is 0 Å². The molecule has 0 bridgehead atoms. The zero-order valence-corrected chi connectivity index (χ0v) is 72.1. The van der Waals surface area contributed by atoms with Gasteiger partial charge < -0.3 is 66.4 Å². The van der Waals surface area contributed by atoms with Crippen molar-refractivity contribution in [3.05, 3.63) is 330 Å². The summed E-state index contributed by atoms with van der Waals surface area (Å²) in [6.45, 7) is 2.29. The Hall–Kier alpha value is -10.8. The SMILES string of the molecule is C.OB1CCc2ccc(-n3cc(Sc4ccccc4)c4cc(Cl)ccc43)cc21.OB1CCc2ccc(N3CCN(c4ncccn4)CC3)cc21.OB1CCc2ccc(Sc3cc[nH+]cc3)cc21.OB1CCc2ccc(Sc3ccccn3)cc21.OB1CCc2cccc(OCc3ccccc3)c21.OB1CCc2cccc(Oc3ccc(-c4nn[nH]n4)cc3)c21.[Cl-]. The average Bonchev–Trinajstić information content (AvgIpc) is 1.61. The Bertz CT molecular complexity index is 5990. The summed E-state index contributed by atoms with van der Waals surface area (Å²) in [5.41, 5.74) is 19.2. The topological polar surface area (TPSA) is 259 Å². The largest absolute Gasteiger partial charge is 1.00 e. The highest BCUT2D eigenvalue weighted by Crippen LogP contribution is 2.39. The molecule has 0 radical (unpaired) electrons. The van der Waals surface area contributed by atoms with Gasteiger partial charge in [-0.2, -0.15) is 5.21 Å². The van der Waals surface area contributed by atoms with Crippen molar-refractivity contribution in [2.24, 2.45) is 0 Å². The number of hydrogen-bond donors (Lipinski definition) is 7. The summed E-state index contributed by atoms with van der Waals surface area (Å²) in [5, 5.41) is 76.8. The normalized spacial score (nSPS) is 14.0. The number of tetrazole rings is 1. The van der Waals surface area contributed by atoms with Crippen molar-refractivity contribution in [2.75, 3.05) is 36.0 Å². The van der Waals surface area contributed by atoms with Gasteiger partial charge in [-0.1, -0.05) is 192 Å². The predicted molar refractivity (Wildman–Crippen MR) is 507 cm³/mol. The Morgan fingerprint density at radius 2 is 0.960 bits per heavy atom. The Morgan fingerprint density at radius 3 is 1.56 bits per heavy atom. The second-order valence-electron chi connectivity index (χ2n) is 31.2. The van der Waals surface area contributed by atoms with Gasteiger partial charge in [0.1, 0.15) is 28.9 Å². The van der Waals surface area contributed by atoms with Gasteiger partial charge >= 0.3 is 41.5 Å². The molecule has 22 rings (SSSR count). The van der Waals surface area contributed by atoms with Crippen molar-refractivity contribution < 1.29 is 57.0 Å². The number of aryl methyl sites for hydroxylation is 6. The molecular formula is C95H93B6Cl2N11O8S3. The number of aromatic amines is 2. The minimum atomic E-state index is -0.440. The summed E-state index contributed by atoms with van der Waals surface area (Å²) in [4.78, 5) is 26.4. The van der Waals surface area contributed by atoms with Crippen molar-refractivity contribution in [1.29, 1.82) is 0 Å². The number of H-pyrrole nitrogens is 2. The molecule has 626 valence electrons. The third kappa shape index (κ3) is 22.0. The average molecular weight is 1750 g/mol. The fraction of sp³-hybridized carbons (Fsp3) is 0.189. The van der Waals surface area contributed by atoms with Crippen molar-refractivity contribution in [2.45, 2.75) is 120 Å². The highest BCUT2D eigenvalue weighted by molar-refractivity contribution is 8.00. The lowest BCUT2D eigenvalue weighted by Crippen LogP contribution is -3.00. The maximum atomic E-state index is 10.3. The van der Waals surface area contributed by atoms with E-state index in [-0.39, 0.29) is 54.4 Å². The van der Waals surface area contributed by atoms with Crippen LogP contribution in [0.1, 0.15) is 46.4 Å². The van der Waals surface area contributed by atoms with Gasteiger partial charge in [-0.3, -0.25) is 0 Å². The molecule has 0 atom stereocenters. The smallest absolute Gasteiger partial charge is 0.328 e. The lowest BCUT2D eigenvalue weighted by molar-refractivity contribution is -0.378. The third-order valence-corrected chi connectivity index (χ3v) is 26.4. The minimum absolute atomic E-state index is 0. The Kier molecular flexibility index (Phi) is 30.2. The number of benzene rings is 10. The predicted octanol–water partition coefficient (Wildman–Crippen LogP) is 10.2. The summed E-state index contributed by atoms with van der Waals surface area (Å²) in [7, 11) is 0. The molecule has 30 heteroatoms. The van der Waals surface area contributed by atoms with Gasteiger partial charge in [-0.05, 0) is 252 Å². The molecule has 1 fully saturated rings. The van der Waals surface area contributed by atoms with Crippen molar-refractivity contribution in [3.63, 3.8) is 0 Å². The Labute approximate surface area is 755 Å². The lowest BCUT2D eigenvalue weighted by atomic mass is 9.62. The molecule has 0 amide bonds. The van der Waals surface area contributed by atoms with E-state index in [0.717, 1.165) is 201 Å². The van der Waals surface area contributed by atoms with Crippen LogP contribution in [0.2, 0.25) is 42.9 Å². The zero-order chi connectivity index (χ0) is 84.0. The highest BCUT2D eigenvalue weighted by Gasteiger charge is 2.33. The van der Waals surface area contributed by atoms with Crippen LogP contribution in [-0.2, 0) is 45.1 Å². The quantitative estimate of drug-likeness (QED) is 0.0471. The number of nitrogens with one attached hydrogen (secondary N) is 2. The van der Waals surface area contributed by atoms with E-state index in [4.69, 9.17) is 21.1 Å². The number of anilines is 2. The number of aromatic nitrogens is 9. The van der Waals surface area contributed by atoms with Crippen LogP contribution < -0.4 is 69.4 Å². The molecule has 0 spiro atoms. The summed E-state index contributed by atoms with van der Waals surface area (Å²) in [5.74, 6) is 3.60. The number of nitrogens with zero attached hydrogens (tertiary/aromatic N) is 9. The first-order valence-electron chi connectivity index (χ1n) is 41.9. The fourth-order valence-corrected chi connectivity index (χ4v) is 19.7. The molecule has 5 aromatic heterocycles. The minimum Gasteiger partial charge on any atom is -1.00 e. The molecule has 0 aliphatic carbocycles. The molecule has 0 saturated carbocycles. The number of rotatable bonds is 15. The van der Waals surface area contributed by atoms with Gasteiger partial charge in [0.15, 0.2) is 12.4 Å². The van der Waals surface area contributed by atoms with E-state index in [0.29, 0.717) is 18.2 Å². The molecule has 15 aromatic rings. The molecular weight excluding hydrogens is 1660 g/mol.